The summed E-state index contributed by atoms with van der Waals surface area (Å²) in [5.74, 6) is 7.59. The summed E-state index contributed by atoms with van der Waals surface area (Å²) in [7, 11) is 3.80. The molecular weight excluding hydrogens is 270 g/mol. The first-order valence-corrected chi connectivity index (χ1v) is 7.97. The van der Waals surface area contributed by atoms with Crippen molar-refractivity contribution in [3.63, 3.8) is 0 Å². The third-order valence-corrected chi connectivity index (χ3v) is 3.99. The van der Waals surface area contributed by atoms with Gasteiger partial charge >= 0.3 is 0 Å². The van der Waals surface area contributed by atoms with Crippen molar-refractivity contribution in [2.45, 2.75) is 19.5 Å². The fourth-order valence-electron chi connectivity index (χ4n) is 1.91. The summed E-state index contributed by atoms with van der Waals surface area (Å²) in [6.07, 6.45) is 2.12. The molecule has 3 nitrogen and oxygen atoms in total. The molecule has 110 valence electrons. The number of methoxy groups -OCH3 is 1. The van der Waals surface area contributed by atoms with Gasteiger partial charge in [-0.05, 0) is 38.4 Å². The van der Waals surface area contributed by atoms with E-state index < -0.39 is 0 Å². The van der Waals surface area contributed by atoms with Gasteiger partial charge in [-0.1, -0.05) is 11.8 Å². The SMILES string of the molecule is COc1ccc(C#CCO)cc1CN(C)C(C)CSC. The van der Waals surface area contributed by atoms with Gasteiger partial charge in [0.15, 0.2) is 0 Å². The van der Waals surface area contributed by atoms with Crippen molar-refractivity contribution >= 4 is 11.8 Å². The summed E-state index contributed by atoms with van der Waals surface area (Å²) in [6, 6.07) is 6.38. The Morgan fingerprint density at radius 1 is 1.45 bits per heavy atom. The molecule has 0 saturated carbocycles. The van der Waals surface area contributed by atoms with Crippen molar-refractivity contribution in [2.24, 2.45) is 0 Å². The molecule has 0 spiro atoms. The largest absolute Gasteiger partial charge is 0.496 e. The van der Waals surface area contributed by atoms with E-state index in [4.69, 9.17) is 9.84 Å². The zero-order valence-corrected chi connectivity index (χ0v) is 13.5. The lowest BCUT2D eigenvalue weighted by Crippen LogP contribution is -2.30. The summed E-state index contributed by atoms with van der Waals surface area (Å²) in [4.78, 5) is 2.30. The summed E-state index contributed by atoms with van der Waals surface area (Å²) < 4.78 is 5.42. The third kappa shape index (κ3) is 5.09. The quantitative estimate of drug-likeness (QED) is 0.815. The number of rotatable bonds is 6. The van der Waals surface area contributed by atoms with Crippen molar-refractivity contribution in [2.75, 3.05) is 32.8 Å². The van der Waals surface area contributed by atoms with Gasteiger partial charge in [0.2, 0.25) is 0 Å². The number of hydrogen-bond acceptors (Lipinski definition) is 4. The zero-order chi connectivity index (χ0) is 15.0. The van der Waals surface area contributed by atoms with E-state index >= 15 is 0 Å². The average molecular weight is 293 g/mol. The molecule has 0 aliphatic heterocycles. The van der Waals surface area contributed by atoms with Crippen LogP contribution in [0.15, 0.2) is 18.2 Å². The third-order valence-electron chi connectivity index (χ3n) is 3.17. The molecule has 1 unspecified atom stereocenters. The second kappa shape index (κ2) is 8.91. The summed E-state index contributed by atoms with van der Waals surface area (Å²) >= 11 is 1.85. The first kappa shape index (κ1) is 16.9. The molecule has 0 bridgehead atoms. The minimum absolute atomic E-state index is 0.119. The smallest absolute Gasteiger partial charge is 0.123 e. The van der Waals surface area contributed by atoms with Crippen molar-refractivity contribution in [1.82, 2.24) is 4.90 Å². The standard InChI is InChI=1S/C16H23NO2S/c1-13(12-20-4)17(2)11-15-10-14(6-5-9-18)7-8-16(15)19-3/h7-8,10,13,18H,9,11-12H2,1-4H3. The highest BCUT2D eigenvalue weighted by Gasteiger charge is 2.12. The topological polar surface area (TPSA) is 32.7 Å². The fraction of sp³-hybridized carbons (Fsp3) is 0.500. The number of thioether (sulfide) groups is 1. The number of aliphatic hydroxyl groups is 1. The number of hydrogen-bond donors (Lipinski definition) is 1. The van der Waals surface area contributed by atoms with Crippen LogP contribution in [0.2, 0.25) is 0 Å². The molecule has 1 atom stereocenters. The number of benzene rings is 1. The van der Waals surface area contributed by atoms with Crippen molar-refractivity contribution in [1.29, 1.82) is 0 Å². The Morgan fingerprint density at radius 2 is 2.20 bits per heavy atom. The van der Waals surface area contributed by atoms with Crippen LogP contribution in [-0.2, 0) is 6.54 Å². The molecule has 0 radical (unpaired) electrons. The zero-order valence-electron chi connectivity index (χ0n) is 12.6. The van der Waals surface area contributed by atoms with E-state index in [0.29, 0.717) is 6.04 Å². The van der Waals surface area contributed by atoms with Gasteiger partial charge in [0, 0.05) is 29.5 Å². The highest BCUT2D eigenvalue weighted by molar-refractivity contribution is 7.98. The normalized spacial score (nSPS) is 11.9. The van der Waals surface area contributed by atoms with E-state index in [9.17, 15) is 0 Å². The van der Waals surface area contributed by atoms with Gasteiger partial charge in [0.25, 0.3) is 0 Å². The molecular formula is C16H23NO2S. The monoisotopic (exact) mass is 293 g/mol. The molecule has 0 aliphatic carbocycles. The molecule has 0 aliphatic rings. The maximum Gasteiger partial charge on any atom is 0.123 e. The van der Waals surface area contributed by atoms with Gasteiger partial charge in [-0.25, -0.2) is 0 Å². The Bertz CT molecular complexity index is 479. The van der Waals surface area contributed by atoms with Crippen LogP contribution in [0.25, 0.3) is 0 Å². The molecule has 0 amide bonds. The van der Waals surface area contributed by atoms with Gasteiger partial charge < -0.3 is 9.84 Å². The summed E-state index contributed by atoms with van der Waals surface area (Å²) in [6.45, 7) is 2.92. The van der Waals surface area contributed by atoms with Gasteiger partial charge in [-0.3, -0.25) is 4.90 Å². The molecule has 1 N–H and O–H groups in total. The molecule has 0 fully saturated rings. The lowest BCUT2D eigenvalue weighted by Gasteiger charge is -2.25. The van der Waals surface area contributed by atoms with Crippen LogP contribution < -0.4 is 4.74 Å². The van der Waals surface area contributed by atoms with Crippen LogP contribution in [0, 0.1) is 11.8 Å². The Hall–Kier alpha value is -1.15. The van der Waals surface area contributed by atoms with Gasteiger partial charge in [-0.2, -0.15) is 11.8 Å². The minimum Gasteiger partial charge on any atom is -0.496 e. The van der Waals surface area contributed by atoms with Crippen LogP contribution in [-0.4, -0.2) is 48.8 Å². The van der Waals surface area contributed by atoms with Crippen molar-refractivity contribution in [3.05, 3.63) is 29.3 Å². The lowest BCUT2D eigenvalue weighted by molar-refractivity contribution is 0.265. The van der Waals surface area contributed by atoms with Crippen LogP contribution >= 0.6 is 11.8 Å². The second-order valence-corrected chi connectivity index (χ2v) is 5.62. The van der Waals surface area contributed by atoms with E-state index in [0.717, 1.165) is 29.2 Å². The average Bonchev–Trinajstić information content (AvgIpc) is 2.45. The molecule has 20 heavy (non-hydrogen) atoms. The number of ether oxygens (including phenoxy) is 1. The Kier molecular flexibility index (Phi) is 7.53. The molecule has 0 aromatic heterocycles. The van der Waals surface area contributed by atoms with Crippen LogP contribution in [0.3, 0.4) is 0 Å². The predicted octanol–water partition coefficient (Wildman–Crippen LogP) is 2.22. The van der Waals surface area contributed by atoms with Crippen LogP contribution in [0.4, 0.5) is 0 Å². The van der Waals surface area contributed by atoms with Crippen molar-refractivity contribution < 1.29 is 9.84 Å². The van der Waals surface area contributed by atoms with E-state index in [1.165, 1.54) is 0 Å². The van der Waals surface area contributed by atoms with E-state index in [2.05, 4.69) is 37.0 Å². The first-order chi connectivity index (χ1) is 9.62. The Labute approximate surface area is 126 Å². The number of nitrogens with zero attached hydrogens (tertiary/aromatic N) is 1. The maximum absolute atomic E-state index is 8.77. The van der Waals surface area contributed by atoms with E-state index in [-0.39, 0.29) is 6.61 Å². The summed E-state index contributed by atoms with van der Waals surface area (Å²) in [5.41, 5.74) is 2.02. The first-order valence-electron chi connectivity index (χ1n) is 6.58. The van der Waals surface area contributed by atoms with Crippen LogP contribution in [0.5, 0.6) is 5.75 Å². The highest BCUT2D eigenvalue weighted by atomic mass is 32.2. The molecule has 1 aromatic carbocycles. The van der Waals surface area contributed by atoms with Crippen molar-refractivity contribution in [3.8, 4) is 17.6 Å². The summed E-state index contributed by atoms with van der Waals surface area (Å²) in [5, 5.41) is 8.77. The Morgan fingerprint density at radius 3 is 2.80 bits per heavy atom. The van der Waals surface area contributed by atoms with Gasteiger partial charge in [0.1, 0.15) is 12.4 Å². The van der Waals surface area contributed by atoms with E-state index in [1.54, 1.807) is 7.11 Å². The second-order valence-electron chi connectivity index (χ2n) is 4.71. The predicted molar refractivity (Wildman–Crippen MR) is 86.3 cm³/mol. The lowest BCUT2D eigenvalue weighted by atomic mass is 10.1. The van der Waals surface area contributed by atoms with Gasteiger partial charge in [0.05, 0.1) is 7.11 Å². The molecule has 4 heteroatoms. The minimum atomic E-state index is -0.119. The molecule has 1 rings (SSSR count). The van der Waals surface area contributed by atoms with Gasteiger partial charge in [-0.15, -0.1) is 0 Å². The maximum atomic E-state index is 8.77. The highest BCUT2D eigenvalue weighted by Crippen LogP contribution is 2.22. The Balaban J connectivity index is 2.90. The van der Waals surface area contributed by atoms with Crippen LogP contribution in [0.1, 0.15) is 18.1 Å². The van der Waals surface area contributed by atoms with E-state index in [1.807, 2.05) is 30.0 Å². The molecule has 0 saturated heterocycles. The fourth-order valence-corrected chi connectivity index (χ4v) is 2.65. The molecule has 0 heterocycles. The number of aliphatic hydroxyl groups excluding tert-OH is 1. The molecule has 1 aromatic rings.